The average Bonchev–Trinajstić information content (AvgIpc) is 1.25. The van der Waals surface area contributed by atoms with Gasteiger partial charge in [-0.1, -0.05) is 0 Å². The van der Waals surface area contributed by atoms with Crippen molar-refractivity contribution >= 4 is 13.9 Å². The zero-order valence-electron chi connectivity index (χ0n) is 7.26. The van der Waals surface area contributed by atoms with Gasteiger partial charge >= 0.3 is 51.4 Å². The molecule has 0 saturated heterocycles. The normalized spacial score (nSPS) is 6.10. The second-order valence-electron chi connectivity index (χ2n) is 1.99. The Morgan fingerprint density at radius 2 is 1.30 bits per heavy atom. The van der Waals surface area contributed by atoms with Gasteiger partial charge in [0.1, 0.15) is 0 Å². The van der Waals surface area contributed by atoms with Gasteiger partial charge in [-0.05, 0) is 14.8 Å². The Hall–Kier alpha value is 1.50. The van der Waals surface area contributed by atoms with Crippen molar-refractivity contribution in [2.24, 2.45) is 0 Å². The van der Waals surface area contributed by atoms with E-state index < -0.39 is 5.97 Å². The predicted molar refractivity (Wildman–Crippen MR) is 38.7 cm³/mol. The molecule has 5 heteroatoms. The smallest absolute Gasteiger partial charge is 0.870 e. The van der Waals surface area contributed by atoms with E-state index >= 15 is 0 Å². The summed E-state index contributed by atoms with van der Waals surface area (Å²) in [7, 11) is 0.120. The van der Waals surface area contributed by atoms with Crippen LogP contribution in [0, 0.1) is 0 Å². The average molecular weight is 192 g/mol. The number of carboxylic acids is 1. The van der Waals surface area contributed by atoms with E-state index in [1.165, 1.54) is 0 Å². The SMILES string of the molecule is CC(=O)[O-].C[PH+](C)C.[K+].[OH-]. The van der Waals surface area contributed by atoms with E-state index in [2.05, 4.69) is 20.0 Å². The third-order valence-electron chi connectivity index (χ3n) is 0. The summed E-state index contributed by atoms with van der Waals surface area (Å²) in [5.41, 5.74) is 0. The first-order valence-corrected chi connectivity index (χ1v) is 5.41. The van der Waals surface area contributed by atoms with Crippen LogP contribution in [0.4, 0.5) is 0 Å². The quantitative estimate of drug-likeness (QED) is 0.298. The number of hydrogen-bond acceptors (Lipinski definition) is 3. The Morgan fingerprint density at radius 3 is 1.30 bits per heavy atom. The summed E-state index contributed by atoms with van der Waals surface area (Å²) < 4.78 is 0. The van der Waals surface area contributed by atoms with Crippen molar-refractivity contribution in [1.82, 2.24) is 0 Å². The third-order valence-corrected chi connectivity index (χ3v) is 0. The minimum absolute atomic E-state index is 0. The molecule has 3 nitrogen and oxygen atoms in total. The van der Waals surface area contributed by atoms with Gasteiger partial charge in [-0.2, -0.15) is 0 Å². The second-order valence-corrected chi connectivity index (χ2v) is 4.99. The Labute approximate surface area is 106 Å². The summed E-state index contributed by atoms with van der Waals surface area (Å²) in [6, 6.07) is 0. The van der Waals surface area contributed by atoms with Crippen molar-refractivity contribution in [2.45, 2.75) is 6.92 Å². The predicted octanol–water partition coefficient (Wildman–Crippen LogP) is -3.33. The number of hydrogen-bond donors (Lipinski definition) is 0. The maximum atomic E-state index is 8.89. The summed E-state index contributed by atoms with van der Waals surface area (Å²) in [6.45, 7) is 7.78. The monoisotopic (exact) mass is 192 g/mol. The largest absolute Gasteiger partial charge is 1.00 e. The molecule has 0 fully saturated rings. The van der Waals surface area contributed by atoms with Gasteiger partial charge in [0, 0.05) is 26.0 Å². The minimum Gasteiger partial charge on any atom is -0.870 e. The molecule has 0 atom stereocenters. The van der Waals surface area contributed by atoms with Crippen molar-refractivity contribution in [3.8, 4) is 0 Å². The molecule has 0 aliphatic carbocycles. The molecular formula is C5H14KO3P. The van der Waals surface area contributed by atoms with Gasteiger partial charge in [0.05, 0.1) is 0 Å². The molecule has 0 bridgehead atoms. The fraction of sp³-hybridized carbons (Fsp3) is 0.800. The van der Waals surface area contributed by atoms with Crippen LogP contribution in [-0.4, -0.2) is 31.4 Å². The molecule has 0 amide bonds. The molecule has 0 aromatic rings. The van der Waals surface area contributed by atoms with Gasteiger partial charge in [0.15, 0.2) is 0 Å². The maximum Gasteiger partial charge on any atom is 1.00 e. The van der Waals surface area contributed by atoms with Crippen LogP contribution in [0.1, 0.15) is 6.92 Å². The minimum atomic E-state index is -1.08. The molecule has 1 N–H and O–H groups in total. The molecule has 0 aromatic carbocycles. The maximum absolute atomic E-state index is 8.89. The van der Waals surface area contributed by atoms with Crippen LogP contribution < -0.4 is 56.5 Å². The molecule has 0 unspecified atom stereocenters. The molecule has 0 heterocycles. The molecule has 0 aliphatic heterocycles. The molecule has 0 rings (SSSR count). The molecule has 58 valence electrons. The number of carbonyl (C=O) groups excluding carboxylic acids is 1. The van der Waals surface area contributed by atoms with Crippen LogP contribution in [0.5, 0.6) is 0 Å². The zero-order chi connectivity index (χ0) is 7.15. The van der Waals surface area contributed by atoms with Crippen molar-refractivity contribution in [3.63, 3.8) is 0 Å². The summed E-state index contributed by atoms with van der Waals surface area (Å²) in [4.78, 5) is 8.89. The van der Waals surface area contributed by atoms with Crippen molar-refractivity contribution in [2.75, 3.05) is 20.0 Å². The summed E-state index contributed by atoms with van der Waals surface area (Å²) in [5, 5.41) is 8.89. The Bertz CT molecular complexity index is 61.2. The number of carboxylic acid groups (broad SMARTS) is 1. The first kappa shape index (κ1) is 22.5. The van der Waals surface area contributed by atoms with Crippen LogP contribution >= 0.6 is 7.92 Å². The second kappa shape index (κ2) is 16.8. The molecule has 0 saturated carbocycles. The van der Waals surface area contributed by atoms with E-state index in [9.17, 15) is 0 Å². The van der Waals surface area contributed by atoms with Gasteiger partial charge in [0.2, 0.25) is 0 Å². The fourth-order valence-electron chi connectivity index (χ4n) is 0. The Morgan fingerprint density at radius 1 is 1.30 bits per heavy atom. The topological polar surface area (TPSA) is 70.1 Å². The van der Waals surface area contributed by atoms with Crippen LogP contribution in [0.15, 0.2) is 0 Å². The molecule has 0 radical (unpaired) electrons. The van der Waals surface area contributed by atoms with Crippen LogP contribution in [0.25, 0.3) is 0 Å². The van der Waals surface area contributed by atoms with Gasteiger partial charge in [-0.3, -0.25) is 0 Å². The standard InChI is InChI=1S/C3H9P.C2H4O2.K.H2O/c1-4(2)3;1-2(3)4;;/h1-3H3;1H3,(H,3,4);;1H2/q;;+1;/p-1. The molecule has 0 aliphatic rings. The van der Waals surface area contributed by atoms with Crippen molar-refractivity contribution in [1.29, 1.82) is 0 Å². The van der Waals surface area contributed by atoms with E-state index in [4.69, 9.17) is 9.90 Å². The van der Waals surface area contributed by atoms with Crippen LogP contribution in [0.3, 0.4) is 0 Å². The summed E-state index contributed by atoms with van der Waals surface area (Å²) in [6.07, 6.45) is 0. The third kappa shape index (κ3) is 306. The molecular weight excluding hydrogens is 178 g/mol. The number of carbonyl (C=O) groups is 1. The van der Waals surface area contributed by atoms with Crippen molar-refractivity contribution in [3.05, 3.63) is 0 Å². The number of aliphatic carboxylic acids is 1. The summed E-state index contributed by atoms with van der Waals surface area (Å²) >= 11 is 0. The van der Waals surface area contributed by atoms with E-state index in [0.29, 0.717) is 0 Å². The number of rotatable bonds is 0. The Balaban J connectivity index is -0.0000000300. The molecule has 0 spiro atoms. The first-order valence-electron chi connectivity index (χ1n) is 2.41. The Kier molecular flexibility index (Phi) is 38.0. The van der Waals surface area contributed by atoms with Gasteiger partial charge < -0.3 is 15.4 Å². The van der Waals surface area contributed by atoms with E-state index in [-0.39, 0.29) is 64.8 Å². The van der Waals surface area contributed by atoms with Crippen molar-refractivity contribution < 1.29 is 66.8 Å². The van der Waals surface area contributed by atoms with E-state index in [1.807, 2.05) is 0 Å². The molecule has 0 aromatic heterocycles. The first-order chi connectivity index (χ1) is 3.46. The molecule has 10 heavy (non-hydrogen) atoms. The van der Waals surface area contributed by atoms with E-state index in [1.54, 1.807) is 0 Å². The van der Waals surface area contributed by atoms with Gasteiger partial charge in [-0.15, -0.1) is 0 Å². The van der Waals surface area contributed by atoms with Gasteiger partial charge in [-0.25, -0.2) is 0 Å². The zero-order valence-corrected chi connectivity index (χ0v) is 11.4. The van der Waals surface area contributed by atoms with E-state index in [0.717, 1.165) is 6.92 Å². The van der Waals surface area contributed by atoms with Crippen LogP contribution in [0.2, 0.25) is 0 Å². The fourth-order valence-corrected chi connectivity index (χ4v) is 0. The summed E-state index contributed by atoms with van der Waals surface area (Å²) in [5.74, 6) is -1.08. The van der Waals surface area contributed by atoms with Gasteiger partial charge in [0.25, 0.3) is 0 Å². The van der Waals surface area contributed by atoms with Crippen LogP contribution in [-0.2, 0) is 4.79 Å².